The molecule has 0 aromatic carbocycles. The van der Waals surface area contributed by atoms with Gasteiger partial charge in [-0.2, -0.15) is 0 Å². The monoisotopic (exact) mass is 325 g/mol. The highest BCUT2D eigenvalue weighted by atomic mass is 32.2. The topological polar surface area (TPSA) is 9.72 Å². The van der Waals surface area contributed by atoms with Crippen LogP contribution >= 0.6 is 48.0 Å². The molecule has 7 heteroatoms. The van der Waals surface area contributed by atoms with Gasteiger partial charge in [-0.05, 0) is 7.05 Å². The highest BCUT2D eigenvalue weighted by Crippen LogP contribution is 2.08. The van der Waals surface area contributed by atoms with Crippen molar-refractivity contribution in [1.82, 2.24) is 14.7 Å². The van der Waals surface area contributed by atoms with Gasteiger partial charge in [-0.3, -0.25) is 0 Å². The van der Waals surface area contributed by atoms with Crippen LogP contribution < -0.4 is 0 Å². The SMILES string of the molecule is CN(CCSC(=S)N(C)C)CCSC(=S)N(C)C. The average molecular weight is 326 g/mol. The molecule has 0 bridgehead atoms. The molecule has 18 heavy (non-hydrogen) atoms. The minimum absolute atomic E-state index is 0.951. The van der Waals surface area contributed by atoms with E-state index in [2.05, 4.69) is 11.9 Å². The van der Waals surface area contributed by atoms with Gasteiger partial charge in [0.2, 0.25) is 0 Å². The van der Waals surface area contributed by atoms with Crippen LogP contribution in [0.1, 0.15) is 0 Å². The maximum absolute atomic E-state index is 5.22. The summed E-state index contributed by atoms with van der Waals surface area (Å²) in [6.07, 6.45) is 0. The van der Waals surface area contributed by atoms with E-state index in [1.54, 1.807) is 23.5 Å². The van der Waals surface area contributed by atoms with E-state index in [0.717, 1.165) is 33.2 Å². The van der Waals surface area contributed by atoms with Gasteiger partial charge in [0.25, 0.3) is 0 Å². The predicted octanol–water partition coefficient (Wildman–Crippen LogP) is 2.08. The van der Waals surface area contributed by atoms with E-state index in [0.29, 0.717) is 0 Å². The Morgan fingerprint density at radius 2 is 1.11 bits per heavy atom. The number of nitrogens with zero attached hydrogens (tertiary/aromatic N) is 3. The van der Waals surface area contributed by atoms with Crippen LogP contribution in [0.5, 0.6) is 0 Å². The third-order valence-electron chi connectivity index (χ3n) is 2.13. The van der Waals surface area contributed by atoms with Crippen molar-refractivity contribution in [2.45, 2.75) is 0 Å². The Morgan fingerprint density at radius 1 is 0.778 bits per heavy atom. The molecule has 0 aromatic rings. The van der Waals surface area contributed by atoms with Crippen LogP contribution in [0.4, 0.5) is 0 Å². The smallest absolute Gasteiger partial charge is 0.135 e. The van der Waals surface area contributed by atoms with Crippen molar-refractivity contribution in [2.24, 2.45) is 0 Å². The van der Waals surface area contributed by atoms with E-state index >= 15 is 0 Å². The van der Waals surface area contributed by atoms with Gasteiger partial charge in [0.1, 0.15) is 8.64 Å². The van der Waals surface area contributed by atoms with E-state index in [4.69, 9.17) is 24.4 Å². The van der Waals surface area contributed by atoms with Crippen molar-refractivity contribution in [1.29, 1.82) is 0 Å². The second kappa shape index (κ2) is 10.3. The first-order valence-corrected chi connectivity index (χ1v) is 8.50. The number of hydrogen-bond donors (Lipinski definition) is 0. The molecule has 106 valence electrons. The molecule has 0 fully saturated rings. The molecule has 0 saturated heterocycles. The molecule has 0 aliphatic heterocycles. The predicted molar refractivity (Wildman–Crippen MR) is 95.0 cm³/mol. The summed E-state index contributed by atoms with van der Waals surface area (Å²) in [5.74, 6) is 2.08. The van der Waals surface area contributed by atoms with Crippen LogP contribution in [0, 0.1) is 0 Å². The molecule has 0 aliphatic carbocycles. The molecule has 0 N–H and O–H groups in total. The van der Waals surface area contributed by atoms with Crippen molar-refractivity contribution in [3.8, 4) is 0 Å². The second-order valence-corrected chi connectivity index (χ2v) is 7.78. The summed E-state index contributed by atoms with van der Waals surface area (Å²) in [6.45, 7) is 2.10. The molecule has 0 saturated carbocycles. The zero-order chi connectivity index (χ0) is 14.1. The van der Waals surface area contributed by atoms with Crippen molar-refractivity contribution in [2.75, 3.05) is 59.8 Å². The summed E-state index contributed by atoms with van der Waals surface area (Å²) in [7, 11) is 10.1. The quantitative estimate of drug-likeness (QED) is 0.683. The highest BCUT2D eigenvalue weighted by Gasteiger charge is 2.04. The van der Waals surface area contributed by atoms with Crippen molar-refractivity contribution in [3.05, 3.63) is 0 Å². The maximum atomic E-state index is 5.22. The first-order chi connectivity index (χ1) is 8.34. The molecule has 0 heterocycles. The number of thioether (sulfide) groups is 2. The Bertz CT molecular complexity index is 243. The third kappa shape index (κ3) is 9.38. The van der Waals surface area contributed by atoms with Crippen molar-refractivity contribution in [3.63, 3.8) is 0 Å². The fourth-order valence-electron chi connectivity index (χ4n) is 0.948. The zero-order valence-electron chi connectivity index (χ0n) is 11.8. The van der Waals surface area contributed by atoms with Gasteiger partial charge in [0, 0.05) is 52.8 Å². The van der Waals surface area contributed by atoms with Crippen molar-refractivity contribution < 1.29 is 0 Å². The first-order valence-electron chi connectivity index (χ1n) is 5.71. The summed E-state index contributed by atoms with van der Waals surface area (Å²) in [5, 5.41) is 0. The molecule has 0 radical (unpaired) electrons. The molecule has 0 rings (SSSR count). The minimum atomic E-state index is 0.951. The lowest BCUT2D eigenvalue weighted by Crippen LogP contribution is -2.26. The third-order valence-corrected chi connectivity index (χ3v) is 5.56. The molecular formula is C11H23N3S4. The molecule has 3 nitrogen and oxygen atoms in total. The number of hydrogen-bond acceptors (Lipinski definition) is 5. The van der Waals surface area contributed by atoms with E-state index in [1.165, 1.54) is 0 Å². The summed E-state index contributed by atoms with van der Waals surface area (Å²) < 4.78 is 1.90. The maximum Gasteiger partial charge on any atom is 0.135 e. The normalized spacial score (nSPS) is 10.6. The lowest BCUT2D eigenvalue weighted by molar-refractivity contribution is 0.380. The molecule has 0 atom stereocenters. The lowest BCUT2D eigenvalue weighted by Gasteiger charge is -2.18. The van der Waals surface area contributed by atoms with E-state index in [1.807, 2.05) is 38.0 Å². The molecule has 0 spiro atoms. The fourth-order valence-corrected chi connectivity index (χ4v) is 3.12. The summed E-state index contributed by atoms with van der Waals surface area (Å²) in [5.41, 5.74) is 0. The molecular weight excluding hydrogens is 302 g/mol. The lowest BCUT2D eigenvalue weighted by atomic mass is 10.6. The first kappa shape index (κ1) is 18.4. The zero-order valence-corrected chi connectivity index (χ0v) is 15.1. The van der Waals surface area contributed by atoms with Gasteiger partial charge >= 0.3 is 0 Å². The Morgan fingerprint density at radius 3 is 1.39 bits per heavy atom. The van der Waals surface area contributed by atoms with Gasteiger partial charge in [-0.1, -0.05) is 48.0 Å². The Kier molecular flexibility index (Phi) is 10.5. The number of thiocarbonyl (C=S) groups is 2. The van der Waals surface area contributed by atoms with E-state index in [9.17, 15) is 0 Å². The van der Waals surface area contributed by atoms with Crippen LogP contribution in [0.2, 0.25) is 0 Å². The molecule has 0 unspecified atom stereocenters. The summed E-state index contributed by atoms with van der Waals surface area (Å²) in [4.78, 5) is 6.27. The Balaban J connectivity index is 3.57. The largest absolute Gasteiger partial charge is 0.364 e. The molecule has 0 aliphatic rings. The minimum Gasteiger partial charge on any atom is -0.364 e. The average Bonchev–Trinajstić information content (AvgIpc) is 2.28. The Hall–Kier alpha value is 0.440. The van der Waals surface area contributed by atoms with Gasteiger partial charge in [0.05, 0.1) is 0 Å². The van der Waals surface area contributed by atoms with Gasteiger partial charge in [0.15, 0.2) is 0 Å². The standard InChI is InChI=1S/C11H23N3S4/c1-12(2)10(15)17-8-6-14(5)7-9-18-11(16)13(3)4/h6-9H2,1-5H3. The van der Waals surface area contributed by atoms with Crippen LogP contribution in [-0.4, -0.2) is 83.2 Å². The van der Waals surface area contributed by atoms with E-state index < -0.39 is 0 Å². The molecule has 0 aromatic heterocycles. The highest BCUT2D eigenvalue weighted by molar-refractivity contribution is 8.23. The number of rotatable bonds is 6. The fraction of sp³-hybridized carbons (Fsp3) is 0.818. The van der Waals surface area contributed by atoms with Crippen molar-refractivity contribution >= 4 is 56.6 Å². The van der Waals surface area contributed by atoms with Gasteiger partial charge in [-0.15, -0.1) is 0 Å². The van der Waals surface area contributed by atoms with Gasteiger partial charge in [-0.25, -0.2) is 0 Å². The Labute approximate surface area is 131 Å². The van der Waals surface area contributed by atoms with Crippen LogP contribution in [0.25, 0.3) is 0 Å². The van der Waals surface area contributed by atoms with Crippen LogP contribution in [0.15, 0.2) is 0 Å². The molecule has 0 amide bonds. The van der Waals surface area contributed by atoms with Crippen LogP contribution in [0.3, 0.4) is 0 Å². The van der Waals surface area contributed by atoms with Gasteiger partial charge < -0.3 is 14.7 Å². The van der Waals surface area contributed by atoms with Crippen LogP contribution in [-0.2, 0) is 0 Å². The van der Waals surface area contributed by atoms with E-state index in [-0.39, 0.29) is 0 Å². The summed E-state index contributed by atoms with van der Waals surface area (Å²) >= 11 is 13.9. The summed E-state index contributed by atoms with van der Waals surface area (Å²) in [6, 6.07) is 0. The second-order valence-electron chi connectivity index (χ2n) is 4.32.